The number of aromatic amines is 2. The van der Waals surface area contributed by atoms with Crippen molar-refractivity contribution in [3.8, 4) is 11.3 Å². The monoisotopic (exact) mass is 390 g/mol. The molecule has 0 spiro atoms. The molecule has 0 saturated carbocycles. The van der Waals surface area contributed by atoms with E-state index in [1.165, 1.54) is 0 Å². The van der Waals surface area contributed by atoms with Crippen molar-refractivity contribution in [1.82, 2.24) is 25.5 Å². The number of carbonyl (C=O) groups excluding carboxylic acids is 2. The van der Waals surface area contributed by atoms with Crippen LogP contribution in [-0.2, 0) is 16.1 Å². The molecule has 0 atom stereocenters. The molecule has 5 heterocycles. The van der Waals surface area contributed by atoms with Crippen LogP contribution in [0.3, 0.4) is 0 Å². The minimum atomic E-state index is -0.238. The summed E-state index contributed by atoms with van der Waals surface area (Å²) in [6.07, 6.45) is 5.03. The van der Waals surface area contributed by atoms with E-state index in [4.69, 9.17) is 4.74 Å². The molecule has 2 aliphatic rings. The topological polar surface area (TPSA) is 125 Å². The molecule has 0 radical (unpaired) electrons. The lowest BCUT2D eigenvalue weighted by Crippen LogP contribution is -2.27. The average molecular weight is 390 g/mol. The van der Waals surface area contributed by atoms with Crippen LogP contribution < -0.4 is 10.6 Å². The Bertz CT molecular complexity index is 1170. The van der Waals surface area contributed by atoms with Crippen molar-refractivity contribution in [2.45, 2.75) is 13.5 Å². The zero-order chi connectivity index (χ0) is 20.0. The van der Waals surface area contributed by atoms with E-state index in [1.807, 2.05) is 13.0 Å². The summed E-state index contributed by atoms with van der Waals surface area (Å²) >= 11 is 0. The highest BCUT2D eigenvalue weighted by molar-refractivity contribution is 6.35. The van der Waals surface area contributed by atoms with Crippen LogP contribution in [0.1, 0.15) is 33.0 Å². The molecule has 9 heteroatoms. The summed E-state index contributed by atoms with van der Waals surface area (Å²) in [5, 5.41) is 12.7. The number of hydrogen-bond donors (Lipinski definition) is 4. The van der Waals surface area contributed by atoms with Gasteiger partial charge >= 0.3 is 0 Å². The summed E-state index contributed by atoms with van der Waals surface area (Å²) in [6, 6.07) is 3.62. The summed E-state index contributed by atoms with van der Waals surface area (Å²) in [4.78, 5) is 32.9. The lowest BCUT2D eigenvalue weighted by Gasteiger charge is -2.07. The molecule has 0 unspecified atom stereocenters. The lowest BCUT2D eigenvalue weighted by molar-refractivity contribution is -0.110. The van der Waals surface area contributed by atoms with Crippen molar-refractivity contribution in [3.05, 3.63) is 52.7 Å². The molecule has 29 heavy (non-hydrogen) atoms. The Morgan fingerprint density at radius 2 is 1.97 bits per heavy atom. The maximum atomic E-state index is 12.6. The minimum Gasteiger partial charge on any atom is -0.373 e. The van der Waals surface area contributed by atoms with Gasteiger partial charge in [0, 0.05) is 23.4 Å². The average Bonchev–Trinajstić information content (AvgIpc) is 3.39. The van der Waals surface area contributed by atoms with Crippen LogP contribution in [0.5, 0.6) is 0 Å². The number of aryl methyl sites for hydroxylation is 1. The normalized spacial score (nSPS) is 17.9. The SMILES string of the molecule is Cc1cc2c([nH]1)/C=C1\C(=O)Nc3cnc(cc31)-c1cn[nH]c1COCCNC2=O. The Morgan fingerprint density at radius 3 is 2.86 bits per heavy atom. The van der Waals surface area contributed by atoms with E-state index in [1.54, 1.807) is 24.5 Å². The van der Waals surface area contributed by atoms with Gasteiger partial charge in [0.1, 0.15) is 0 Å². The number of aromatic nitrogens is 4. The number of H-pyrrole nitrogens is 2. The molecule has 0 aromatic carbocycles. The van der Waals surface area contributed by atoms with Crippen LogP contribution in [0.25, 0.3) is 22.9 Å². The number of rotatable bonds is 0. The predicted octanol–water partition coefficient (Wildman–Crippen LogP) is 1.86. The molecule has 2 bridgehead atoms. The summed E-state index contributed by atoms with van der Waals surface area (Å²) in [7, 11) is 0. The number of anilines is 1. The van der Waals surface area contributed by atoms with Gasteiger partial charge in [-0.15, -0.1) is 0 Å². The van der Waals surface area contributed by atoms with Crippen LogP contribution in [0.2, 0.25) is 0 Å². The first-order valence-corrected chi connectivity index (χ1v) is 9.22. The molecule has 0 aliphatic carbocycles. The van der Waals surface area contributed by atoms with Gasteiger partial charge in [0.05, 0.1) is 59.5 Å². The molecule has 146 valence electrons. The fourth-order valence-electron chi connectivity index (χ4n) is 3.59. The number of nitrogens with one attached hydrogen (secondary N) is 4. The van der Waals surface area contributed by atoms with Crippen molar-refractivity contribution in [2.24, 2.45) is 0 Å². The van der Waals surface area contributed by atoms with E-state index >= 15 is 0 Å². The number of carbonyl (C=O) groups is 2. The number of amides is 2. The summed E-state index contributed by atoms with van der Waals surface area (Å²) in [6.45, 7) is 2.88. The number of fused-ring (bicyclic) bond motifs is 4. The first-order chi connectivity index (χ1) is 14.1. The highest BCUT2D eigenvalue weighted by Crippen LogP contribution is 2.36. The van der Waals surface area contributed by atoms with E-state index in [0.717, 1.165) is 22.5 Å². The molecule has 3 aromatic rings. The highest BCUT2D eigenvalue weighted by Gasteiger charge is 2.27. The minimum absolute atomic E-state index is 0.226. The van der Waals surface area contributed by atoms with E-state index in [0.29, 0.717) is 48.0 Å². The molecule has 2 amide bonds. The Morgan fingerprint density at radius 1 is 1.07 bits per heavy atom. The zero-order valence-corrected chi connectivity index (χ0v) is 15.6. The summed E-state index contributed by atoms with van der Waals surface area (Å²) < 4.78 is 5.68. The van der Waals surface area contributed by atoms with Gasteiger partial charge in [-0.2, -0.15) is 5.10 Å². The van der Waals surface area contributed by atoms with E-state index in [9.17, 15) is 9.59 Å². The van der Waals surface area contributed by atoms with Crippen LogP contribution >= 0.6 is 0 Å². The van der Waals surface area contributed by atoms with Gasteiger partial charge in [0.25, 0.3) is 11.8 Å². The molecule has 0 fully saturated rings. The molecule has 2 aliphatic heterocycles. The molecule has 0 saturated heterocycles. The first kappa shape index (κ1) is 17.4. The van der Waals surface area contributed by atoms with E-state index in [2.05, 4.69) is 30.8 Å². The maximum absolute atomic E-state index is 12.6. The predicted molar refractivity (Wildman–Crippen MR) is 106 cm³/mol. The molecule has 5 rings (SSSR count). The standard InChI is InChI=1S/C20H18N6O3/c1-10-4-13-16(24-10)6-12-11-5-15(22-8-17(11)25-20(12)28)14-7-23-26-18(14)9-29-3-2-21-19(13)27/h4-8,24H,2-3,9H2,1H3,(H,21,27)(H,23,26)(H,25,28)/b12-6-. The summed E-state index contributed by atoms with van der Waals surface area (Å²) in [5.74, 6) is -0.464. The Labute approximate surface area is 165 Å². The lowest BCUT2D eigenvalue weighted by atomic mass is 10.0. The van der Waals surface area contributed by atoms with Gasteiger partial charge in [-0.25, -0.2) is 0 Å². The quantitative estimate of drug-likeness (QED) is 0.466. The van der Waals surface area contributed by atoms with Crippen molar-refractivity contribution < 1.29 is 14.3 Å². The van der Waals surface area contributed by atoms with Crippen molar-refractivity contribution >= 4 is 29.2 Å². The van der Waals surface area contributed by atoms with Crippen LogP contribution in [-0.4, -0.2) is 45.1 Å². The second-order valence-electron chi connectivity index (χ2n) is 6.98. The number of hydrogen-bond acceptors (Lipinski definition) is 5. The Hall–Kier alpha value is -3.72. The van der Waals surface area contributed by atoms with Gasteiger partial charge in [0.15, 0.2) is 0 Å². The zero-order valence-electron chi connectivity index (χ0n) is 15.6. The van der Waals surface area contributed by atoms with Crippen molar-refractivity contribution in [3.63, 3.8) is 0 Å². The number of nitrogens with zero attached hydrogens (tertiary/aromatic N) is 2. The second kappa shape index (κ2) is 6.71. The third-order valence-corrected chi connectivity index (χ3v) is 4.98. The van der Waals surface area contributed by atoms with Gasteiger partial charge < -0.3 is 20.4 Å². The van der Waals surface area contributed by atoms with Gasteiger partial charge in [-0.1, -0.05) is 0 Å². The van der Waals surface area contributed by atoms with Crippen molar-refractivity contribution in [1.29, 1.82) is 0 Å². The van der Waals surface area contributed by atoms with E-state index in [-0.39, 0.29) is 11.8 Å². The van der Waals surface area contributed by atoms with Gasteiger partial charge in [0.2, 0.25) is 0 Å². The third-order valence-electron chi connectivity index (χ3n) is 4.98. The largest absolute Gasteiger partial charge is 0.373 e. The second-order valence-corrected chi connectivity index (χ2v) is 6.98. The fraction of sp³-hybridized carbons (Fsp3) is 0.200. The maximum Gasteiger partial charge on any atom is 0.256 e. The first-order valence-electron chi connectivity index (χ1n) is 9.22. The summed E-state index contributed by atoms with van der Waals surface area (Å²) in [5.41, 5.74) is 5.99. The fourth-order valence-corrected chi connectivity index (χ4v) is 3.59. The number of ether oxygens (including phenoxy) is 1. The Balaban J connectivity index is 1.69. The molecule has 4 N–H and O–H groups in total. The van der Waals surface area contributed by atoms with Gasteiger partial charge in [-0.05, 0) is 25.1 Å². The third kappa shape index (κ3) is 3.01. The van der Waals surface area contributed by atoms with Crippen LogP contribution in [0, 0.1) is 6.92 Å². The smallest absolute Gasteiger partial charge is 0.256 e. The van der Waals surface area contributed by atoms with Crippen LogP contribution in [0.4, 0.5) is 5.69 Å². The molecular formula is C20H18N6O3. The molecular weight excluding hydrogens is 372 g/mol. The van der Waals surface area contributed by atoms with Crippen LogP contribution in [0.15, 0.2) is 24.5 Å². The highest BCUT2D eigenvalue weighted by atomic mass is 16.5. The van der Waals surface area contributed by atoms with E-state index < -0.39 is 0 Å². The van der Waals surface area contributed by atoms with Crippen molar-refractivity contribution in [2.75, 3.05) is 18.5 Å². The molecule has 3 aromatic heterocycles. The Kier molecular flexibility index (Phi) is 4.02. The molecule has 9 nitrogen and oxygen atoms in total. The van der Waals surface area contributed by atoms with Gasteiger partial charge in [-0.3, -0.25) is 19.7 Å². The number of pyridine rings is 1.